The Balaban J connectivity index is 2.05. The maximum absolute atomic E-state index is 13.6. The van der Waals surface area contributed by atoms with Crippen molar-refractivity contribution in [2.45, 2.75) is 42.8 Å². The summed E-state index contributed by atoms with van der Waals surface area (Å²) in [6, 6.07) is 10.6. The molecule has 1 aromatic carbocycles. The zero-order valence-corrected chi connectivity index (χ0v) is 15.1. The lowest BCUT2D eigenvalue weighted by atomic mass is 10.1. The molecule has 0 unspecified atom stereocenters. The van der Waals surface area contributed by atoms with Gasteiger partial charge >= 0.3 is 0 Å². The summed E-state index contributed by atoms with van der Waals surface area (Å²) in [6.45, 7) is 5.23. The monoisotopic (exact) mass is 356 g/mol. The van der Waals surface area contributed by atoms with Crippen molar-refractivity contribution in [1.82, 2.24) is 14.5 Å². The van der Waals surface area contributed by atoms with Gasteiger partial charge in [0.25, 0.3) is 0 Å². The summed E-state index contributed by atoms with van der Waals surface area (Å²) in [4.78, 5) is 9.67. The molecule has 0 fully saturated rings. The Kier molecular flexibility index (Phi) is 5.50. The lowest BCUT2D eigenvalue weighted by Crippen LogP contribution is -2.10. The quantitative estimate of drug-likeness (QED) is 0.719. The third kappa shape index (κ3) is 4.08. The minimum atomic E-state index is -0.240. The number of halogens is 1. The Labute approximate surface area is 151 Å². The minimum absolute atomic E-state index is 0.240. The van der Waals surface area contributed by atoms with E-state index in [1.807, 2.05) is 18.2 Å². The first kappa shape index (κ1) is 17.6. The van der Waals surface area contributed by atoms with E-state index in [1.54, 1.807) is 24.5 Å². The molecule has 3 aromatic rings. The molecule has 0 aliphatic rings. The molecule has 3 rings (SSSR count). The van der Waals surface area contributed by atoms with E-state index in [4.69, 9.17) is 10.7 Å². The van der Waals surface area contributed by atoms with Crippen LogP contribution in [0.15, 0.2) is 58.7 Å². The standard InChI is InChI=1S/C19H21FN4S/c1-13(2)18-19(25-16-5-3-4-15(20)10-16)24(17(11-21)23-18)12-14-6-8-22-9-7-14/h3-10,13H,11-12,21H2,1-2H3. The Morgan fingerprint density at radius 1 is 1.20 bits per heavy atom. The molecular formula is C19H21FN4S. The molecule has 0 amide bonds. The number of aromatic nitrogens is 3. The fraction of sp³-hybridized carbons (Fsp3) is 0.263. The van der Waals surface area contributed by atoms with Crippen LogP contribution in [0.25, 0.3) is 0 Å². The Morgan fingerprint density at radius 2 is 1.96 bits per heavy atom. The van der Waals surface area contributed by atoms with Crippen LogP contribution in [0, 0.1) is 5.82 Å². The SMILES string of the molecule is CC(C)c1nc(CN)n(Cc2ccncc2)c1Sc1cccc(F)c1. The van der Waals surface area contributed by atoms with Crippen molar-refractivity contribution in [3.8, 4) is 0 Å². The van der Waals surface area contributed by atoms with E-state index in [0.29, 0.717) is 13.1 Å². The smallest absolute Gasteiger partial charge is 0.124 e. The highest BCUT2D eigenvalue weighted by Crippen LogP contribution is 2.35. The maximum Gasteiger partial charge on any atom is 0.124 e. The third-order valence-electron chi connectivity index (χ3n) is 3.86. The van der Waals surface area contributed by atoms with Gasteiger partial charge in [0.15, 0.2) is 0 Å². The van der Waals surface area contributed by atoms with Gasteiger partial charge in [0.05, 0.1) is 12.2 Å². The van der Waals surface area contributed by atoms with E-state index < -0.39 is 0 Å². The van der Waals surface area contributed by atoms with Crippen LogP contribution in [0.1, 0.15) is 36.8 Å². The van der Waals surface area contributed by atoms with Gasteiger partial charge in [-0.1, -0.05) is 31.7 Å². The van der Waals surface area contributed by atoms with Gasteiger partial charge < -0.3 is 10.3 Å². The summed E-state index contributed by atoms with van der Waals surface area (Å²) in [6.07, 6.45) is 3.55. The molecule has 130 valence electrons. The van der Waals surface area contributed by atoms with E-state index in [0.717, 1.165) is 27.0 Å². The Hall–Kier alpha value is -2.18. The average molecular weight is 356 g/mol. The first-order valence-electron chi connectivity index (χ1n) is 8.20. The molecule has 4 nitrogen and oxygen atoms in total. The van der Waals surface area contributed by atoms with E-state index in [2.05, 4.69) is 23.4 Å². The van der Waals surface area contributed by atoms with Crippen LogP contribution in [0.2, 0.25) is 0 Å². The van der Waals surface area contributed by atoms with Crippen LogP contribution >= 0.6 is 11.8 Å². The predicted molar refractivity (Wildman–Crippen MR) is 98.1 cm³/mol. The van der Waals surface area contributed by atoms with Crippen molar-refractivity contribution in [1.29, 1.82) is 0 Å². The fourth-order valence-electron chi connectivity index (χ4n) is 2.62. The molecule has 0 atom stereocenters. The van der Waals surface area contributed by atoms with Gasteiger partial charge in [0.1, 0.15) is 16.7 Å². The van der Waals surface area contributed by atoms with E-state index in [9.17, 15) is 4.39 Å². The van der Waals surface area contributed by atoms with Gasteiger partial charge in [0.2, 0.25) is 0 Å². The summed E-state index contributed by atoms with van der Waals surface area (Å²) in [5.41, 5.74) is 8.05. The second kappa shape index (κ2) is 7.80. The van der Waals surface area contributed by atoms with Crippen LogP contribution in [0.5, 0.6) is 0 Å². The number of imidazole rings is 1. The average Bonchev–Trinajstić information content (AvgIpc) is 2.94. The number of pyridine rings is 1. The largest absolute Gasteiger partial charge is 0.324 e. The van der Waals surface area contributed by atoms with Crippen molar-refractivity contribution >= 4 is 11.8 Å². The highest BCUT2D eigenvalue weighted by molar-refractivity contribution is 7.99. The predicted octanol–water partition coefficient (Wildman–Crippen LogP) is 4.20. The summed E-state index contributed by atoms with van der Waals surface area (Å²) in [5.74, 6) is 0.842. The zero-order valence-electron chi connectivity index (χ0n) is 14.3. The van der Waals surface area contributed by atoms with Crippen LogP contribution < -0.4 is 5.73 Å². The molecule has 0 saturated heterocycles. The van der Waals surface area contributed by atoms with Crippen LogP contribution in [-0.4, -0.2) is 14.5 Å². The molecule has 0 bridgehead atoms. The van der Waals surface area contributed by atoms with Crippen molar-refractivity contribution in [2.75, 3.05) is 0 Å². The molecular weight excluding hydrogens is 335 g/mol. The molecule has 0 aliphatic heterocycles. The number of rotatable bonds is 6. The van der Waals surface area contributed by atoms with E-state index >= 15 is 0 Å². The molecule has 2 heterocycles. The van der Waals surface area contributed by atoms with Gasteiger partial charge in [-0.3, -0.25) is 4.98 Å². The number of nitrogens with zero attached hydrogens (tertiary/aromatic N) is 3. The fourth-order valence-corrected chi connectivity index (χ4v) is 3.83. The Morgan fingerprint density at radius 3 is 2.60 bits per heavy atom. The van der Waals surface area contributed by atoms with Crippen molar-refractivity contribution in [3.05, 3.63) is 71.7 Å². The van der Waals surface area contributed by atoms with Gasteiger partial charge in [-0.25, -0.2) is 9.37 Å². The summed E-state index contributed by atoms with van der Waals surface area (Å²) in [5, 5.41) is 1.01. The van der Waals surface area contributed by atoms with Crippen molar-refractivity contribution in [3.63, 3.8) is 0 Å². The van der Waals surface area contributed by atoms with Crippen molar-refractivity contribution in [2.24, 2.45) is 5.73 Å². The third-order valence-corrected chi connectivity index (χ3v) is 4.97. The van der Waals surface area contributed by atoms with Gasteiger partial charge in [0, 0.05) is 23.8 Å². The molecule has 0 radical (unpaired) electrons. The Bertz CT molecular complexity index is 846. The summed E-state index contributed by atoms with van der Waals surface area (Å²) < 4.78 is 15.7. The van der Waals surface area contributed by atoms with Gasteiger partial charge in [-0.05, 0) is 41.8 Å². The van der Waals surface area contributed by atoms with Crippen LogP contribution in [0.4, 0.5) is 4.39 Å². The zero-order chi connectivity index (χ0) is 17.8. The lowest BCUT2D eigenvalue weighted by Gasteiger charge is -2.13. The number of benzene rings is 1. The van der Waals surface area contributed by atoms with Gasteiger partial charge in [-0.15, -0.1) is 0 Å². The second-order valence-corrected chi connectivity index (χ2v) is 7.14. The molecule has 0 spiro atoms. The minimum Gasteiger partial charge on any atom is -0.324 e. The first-order chi connectivity index (χ1) is 12.1. The lowest BCUT2D eigenvalue weighted by molar-refractivity contribution is 0.624. The van der Waals surface area contributed by atoms with E-state index in [-0.39, 0.29) is 11.7 Å². The molecule has 0 saturated carbocycles. The molecule has 0 aliphatic carbocycles. The number of nitrogens with two attached hydrogens (primary N) is 1. The highest BCUT2D eigenvalue weighted by atomic mass is 32.2. The topological polar surface area (TPSA) is 56.7 Å². The number of hydrogen-bond donors (Lipinski definition) is 1. The summed E-state index contributed by atoms with van der Waals surface area (Å²) in [7, 11) is 0. The second-order valence-electron chi connectivity index (χ2n) is 6.08. The number of hydrogen-bond acceptors (Lipinski definition) is 4. The molecule has 6 heteroatoms. The van der Waals surface area contributed by atoms with Crippen LogP contribution in [-0.2, 0) is 13.1 Å². The van der Waals surface area contributed by atoms with Gasteiger partial charge in [-0.2, -0.15) is 0 Å². The van der Waals surface area contributed by atoms with E-state index in [1.165, 1.54) is 17.8 Å². The first-order valence-corrected chi connectivity index (χ1v) is 9.01. The molecule has 25 heavy (non-hydrogen) atoms. The maximum atomic E-state index is 13.6. The normalized spacial score (nSPS) is 11.2. The molecule has 2 aromatic heterocycles. The molecule has 2 N–H and O–H groups in total. The van der Waals surface area contributed by atoms with Crippen LogP contribution in [0.3, 0.4) is 0 Å². The van der Waals surface area contributed by atoms with Crippen molar-refractivity contribution < 1.29 is 4.39 Å². The highest BCUT2D eigenvalue weighted by Gasteiger charge is 2.20. The summed E-state index contributed by atoms with van der Waals surface area (Å²) >= 11 is 1.53.